The highest BCUT2D eigenvalue weighted by atomic mass is 16.5. The molecule has 6 fully saturated rings. The minimum atomic E-state index is -0.219. The summed E-state index contributed by atoms with van der Waals surface area (Å²) in [5, 5.41) is 26.6. The Hall–Kier alpha value is -4.47. The highest BCUT2D eigenvalue weighted by molar-refractivity contribution is 5.89. The van der Waals surface area contributed by atoms with Crippen LogP contribution in [0.4, 0.5) is 0 Å². The number of carbonyl (C=O) groups is 3. The molecule has 6 aliphatic carbocycles. The van der Waals surface area contributed by atoms with E-state index in [1.807, 2.05) is 12.1 Å². The van der Waals surface area contributed by atoms with E-state index in [0.717, 1.165) is 111 Å². The van der Waals surface area contributed by atoms with Crippen molar-refractivity contribution in [3.8, 4) is 11.5 Å². The summed E-state index contributed by atoms with van der Waals surface area (Å²) >= 11 is 0. The molecule has 9 heteroatoms. The van der Waals surface area contributed by atoms with Crippen molar-refractivity contribution in [3.05, 3.63) is 83.9 Å². The van der Waals surface area contributed by atoms with Gasteiger partial charge in [0, 0.05) is 23.2 Å². The Morgan fingerprint density at radius 1 is 0.647 bits per heavy atom. The lowest BCUT2D eigenvalue weighted by molar-refractivity contribution is -0.161. The lowest BCUT2D eigenvalue weighted by Gasteiger charge is -2.52. The molecule has 0 aliphatic heterocycles. The smallest absolute Gasteiger partial charge is 0.311 e. The molecule has 9 nitrogen and oxygen atoms in total. The molecule has 0 radical (unpaired) electrons. The molecule has 0 unspecified atom stereocenters. The van der Waals surface area contributed by atoms with Crippen molar-refractivity contribution in [3.63, 3.8) is 0 Å². The summed E-state index contributed by atoms with van der Waals surface area (Å²) in [6.45, 7) is 0.835. The third kappa shape index (κ3) is 7.75. The number of fused-ring (bicyclic) bond motifs is 8. The highest BCUT2D eigenvalue weighted by Crippen LogP contribution is 2.53. The van der Waals surface area contributed by atoms with E-state index in [4.69, 9.17) is 15.2 Å². The maximum Gasteiger partial charge on any atom is 0.311 e. The van der Waals surface area contributed by atoms with Gasteiger partial charge in [0.15, 0.2) is 0 Å². The zero-order valence-electron chi connectivity index (χ0n) is 29.7. The van der Waals surface area contributed by atoms with Gasteiger partial charge in [0.2, 0.25) is 0 Å². The van der Waals surface area contributed by atoms with Gasteiger partial charge in [-0.2, -0.15) is 0 Å². The SMILES string of the molecule is COC(=O)C12CCC(N)(CC1)CC2.COC(=O)C12CCC(NCc3ccc4cc(O)ccc4c3)(CC1)CC2.O=Cc1ccc2cc(O)ccc2c1. The molecule has 0 saturated heterocycles. The predicted octanol–water partition coefficient (Wildman–Crippen LogP) is 7.47. The second kappa shape index (κ2) is 14.6. The molecule has 0 atom stereocenters. The second-order valence-electron chi connectivity index (χ2n) is 15.3. The monoisotopic (exact) mass is 694 g/mol. The average Bonchev–Trinajstić information content (AvgIpc) is 3.18. The minimum absolute atomic E-state index is 0.0152. The van der Waals surface area contributed by atoms with Crippen molar-refractivity contribution in [1.29, 1.82) is 0 Å². The molecule has 5 N–H and O–H groups in total. The van der Waals surface area contributed by atoms with E-state index in [0.29, 0.717) is 11.3 Å². The third-order valence-electron chi connectivity index (χ3n) is 12.3. The van der Waals surface area contributed by atoms with Crippen LogP contribution >= 0.6 is 0 Å². The number of nitrogens with two attached hydrogens (primary N) is 1. The van der Waals surface area contributed by atoms with Crippen molar-refractivity contribution >= 4 is 39.8 Å². The van der Waals surface area contributed by atoms with Crippen LogP contribution in [0.5, 0.6) is 11.5 Å². The molecule has 6 saturated carbocycles. The number of ether oxygens (including phenoxy) is 2. The Balaban J connectivity index is 0.000000145. The molecule has 270 valence electrons. The summed E-state index contributed by atoms with van der Waals surface area (Å²) in [5.74, 6) is 0.509. The number of phenolic OH excluding ortho intramolecular Hbond substituents is 2. The number of carbonyl (C=O) groups excluding carboxylic acids is 3. The predicted molar refractivity (Wildman–Crippen MR) is 197 cm³/mol. The molecule has 0 amide bonds. The van der Waals surface area contributed by atoms with Crippen molar-refractivity contribution in [2.24, 2.45) is 16.6 Å². The number of aldehydes is 1. The topological polar surface area (TPSA) is 148 Å². The first-order chi connectivity index (χ1) is 24.4. The van der Waals surface area contributed by atoms with Crippen molar-refractivity contribution < 1.29 is 34.1 Å². The standard InChI is InChI=1S/C21H25NO3.C11H8O2.C10H17NO2/c1-25-19(24)20-6-9-21(10-7-20,11-8-20)22-14-15-2-3-17-13-18(23)5-4-16(17)12-15;12-7-8-1-2-10-6-11(13)4-3-9(10)5-8;1-13-8(12)9-2-5-10(11,6-3-9)7-4-9/h2-5,12-13,22-23H,6-11,14H2,1H3;1-7,13H;2-7,11H2,1H3. The summed E-state index contributed by atoms with van der Waals surface area (Å²) in [6.07, 6.45) is 12.5. The van der Waals surface area contributed by atoms with Crippen molar-refractivity contribution in [2.75, 3.05) is 14.2 Å². The Morgan fingerprint density at radius 3 is 1.57 bits per heavy atom. The van der Waals surface area contributed by atoms with Gasteiger partial charge in [-0.25, -0.2) is 0 Å². The van der Waals surface area contributed by atoms with Crippen LogP contribution in [0.3, 0.4) is 0 Å². The van der Waals surface area contributed by atoms with Crippen LogP contribution in [0.1, 0.15) is 93.0 Å². The Labute approximate surface area is 299 Å². The van der Waals surface area contributed by atoms with Gasteiger partial charge >= 0.3 is 11.9 Å². The van der Waals surface area contributed by atoms with Gasteiger partial charge in [-0.15, -0.1) is 0 Å². The fourth-order valence-corrected chi connectivity index (χ4v) is 8.72. The number of hydrogen-bond donors (Lipinski definition) is 4. The van der Waals surface area contributed by atoms with E-state index < -0.39 is 0 Å². The van der Waals surface area contributed by atoms with Crippen LogP contribution in [-0.4, -0.2) is 53.7 Å². The molecule has 6 aliphatic rings. The first-order valence-electron chi connectivity index (χ1n) is 18.0. The van der Waals surface area contributed by atoms with Crippen molar-refractivity contribution in [2.45, 2.75) is 94.7 Å². The highest BCUT2D eigenvalue weighted by Gasteiger charge is 2.53. The summed E-state index contributed by atoms with van der Waals surface area (Å²) in [7, 11) is 2.99. The number of aromatic hydroxyl groups is 2. The van der Waals surface area contributed by atoms with Crippen LogP contribution in [0.25, 0.3) is 21.5 Å². The lowest BCUT2D eigenvalue weighted by atomic mass is 9.57. The number of hydrogen-bond acceptors (Lipinski definition) is 9. The number of rotatable bonds is 6. The van der Waals surface area contributed by atoms with E-state index in [2.05, 4.69) is 23.5 Å². The van der Waals surface area contributed by atoms with Gasteiger partial charge in [-0.05, 0) is 141 Å². The maximum absolute atomic E-state index is 12.1. The number of phenols is 2. The van der Waals surface area contributed by atoms with Gasteiger partial charge in [0.05, 0.1) is 25.0 Å². The molecule has 0 spiro atoms. The van der Waals surface area contributed by atoms with Gasteiger partial charge in [-0.3, -0.25) is 14.4 Å². The third-order valence-corrected chi connectivity index (χ3v) is 12.3. The zero-order chi connectivity index (χ0) is 36.3. The second-order valence-corrected chi connectivity index (χ2v) is 15.3. The summed E-state index contributed by atoms with van der Waals surface area (Å²) in [5.41, 5.74) is 7.86. The van der Waals surface area contributed by atoms with Gasteiger partial charge in [0.25, 0.3) is 0 Å². The summed E-state index contributed by atoms with van der Waals surface area (Å²) in [4.78, 5) is 34.2. The van der Waals surface area contributed by atoms with E-state index in [1.165, 1.54) is 19.8 Å². The van der Waals surface area contributed by atoms with Crippen molar-refractivity contribution in [1.82, 2.24) is 5.32 Å². The quantitative estimate of drug-likeness (QED) is 0.119. The molecule has 4 bridgehead atoms. The molecule has 10 rings (SSSR count). The number of benzene rings is 4. The number of nitrogens with one attached hydrogen (secondary N) is 1. The van der Waals surface area contributed by atoms with Gasteiger partial charge in [-0.1, -0.05) is 36.4 Å². The Bertz CT molecular complexity index is 1870. The lowest BCUT2D eigenvalue weighted by Crippen LogP contribution is -2.56. The van der Waals surface area contributed by atoms with Gasteiger partial charge in [0.1, 0.15) is 17.8 Å². The average molecular weight is 695 g/mol. The first-order valence-corrected chi connectivity index (χ1v) is 18.0. The summed E-state index contributed by atoms with van der Waals surface area (Å²) in [6, 6.07) is 22.3. The van der Waals surface area contributed by atoms with E-state index in [1.54, 1.807) is 42.5 Å². The zero-order valence-corrected chi connectivity index (χ0v) is 29.7. The fraction of sp³-hybridized carbons (Fsp3) is 0.452. The molecular formula is C42H50N2O7. The largest absolute Gasteiger partial charge is 0.508 e. The molecule has 0 heterocycles. The van der Waals surface area contributed by atoms with Crippen LogP contribution in [0.2, 0.25) is 0 Å². The van der Waals surface area contributed by atoms with Gasteiger partial charge < -0.3 is 30.7 Å². The van der Waals surface area contributed by atoms with Crippen LogP contribution in [0, 0.1) is 10.8 Å². The van der Waals surface area contributed by atoms with E-state index in [9.17, 15) is 24.6 Å². The van der Waals surface area contributed by atoms with Crippen LogP contribution in [-0.2, 0) is 25.6 Å². The Morgan fingerprint density at radius 2 is 1.08 bits per heavy atom. The maximum atomic E-state index is 12.1. The van der Waals surface area contributed by atoms with E-state index in [-0.39, 0.29) is 39.6 Å². The first kappa shape index (κ1) is 36.3. The van der Waals surface area contributed by atoms with E-state index >= 15 is 0 Å². The molecule has 4 aromatic rings. The Kier molecular flexibility index (Phi) is 10.4. The summed E-state index contributed by atoms with van der Waals surface area (Å²) < 4.78 is 9.90. The number of esters is 2. The minimum Gasteiger partial charge on any atom is -0.508 e. The molecule has 51 heavy (non-hydrogen) atoms. The molecule has 4 aromatic carbocycles. The van der Waals surface area contributed by atoms with Crippen LogP contribution < -0.4 is 11.1 Å². The number of methoxy groups -OCH3 is 2. The fourth-order valence-electron chi connectivity index (χ4n) is 8.72. The van der Waals surface area contributed by atoms with Crippen LogP contribution in [0.15, 0.2) is 72.8 Å². The molecule has 0 aromatic heterocycles. The normalized spacial score (nSPS) is 27.4. The molecular weight excluding hydrogens is 644 g/mol.